The number of fused-ring (bicyclic) bond motifs is 1. The van der Waals surface area contributed by atoms with Crippen molar-refractivity contribution in [2.24, 2.45) is 5.92 Å². The van der Waals surface area contributed by atoms with Crippen LogP contribution < -0.4 is 10.9 Å². The smallest absolute Gasteiger partial charge is 0.267 e. The zero-order valence-corrected chi connectivity index (χ0v) is 16.8. The number of nitrogens with one attached hydrogen (secondary N) is 1. The number of carbonyl (C=O) groups excluding carboxylic acids is 1. The standard InChI is InChI=1S/C22H27N5O2/c1-16-7-8-20(29)27(24-16)13-19(28)23-21-17-11-25-9-10-26(12-17)15-22(21,14-25)18-5-3-2-4-6-18/h2-8,17,21H,9-15H2,1H3,(H,23,28)/t17?,21-,22?/m1/s1. The second-order valence-corrected chi connectivity index (χ2v) is 8.77. The van der Waals surface area contributed by atoms with Crippen LogP contribution in [0.15, 0.2) is 47.3 Å². The van der Waals surface area contributed by atoms with Crippen molar-refractivity contribution in [3.05, 3.63) is 64.1 Å². The third-order valence-corrected chi connectivity index (χ3v) is 6.75. The van der Waals surface area contributed by atoms with Crippen LogP contribution in [0.25, 0.3) is 0 Å². The number of benzene rings is 1. The lowest BCUT2D eigenvalue weighted by molar-refractivity contribution is -0.125. The van der Waals surface area contributed by atoms with E-state index in [2.05, 4.69) is 44.5 Å². The second-order valence-electron chi connectivity index (χ2n) is 8.77. The topological polar surface area (TPSA) is 70.5 Å². The van der Waals surface area contributed by atoms with E-state index >= 15 is 0 Å². The van der Waals surface area contributed by atoms with Gasteiger partial charge in [0, 0.05) is 62.7 Å². The Morgan fingerprint density at radius 1 is 1.10 bits per heavy atom. The van der Waals surface area contributed by atoms with E-state index in [9.17, 15) is 9.59 Å². The number of rotatable bonds is 4. The van der Waals surface area contributed by atoms with Gasteiger partial charge in [-0.15, -0.1) is 0 Å². The molecule has 5 heterocycles. The molecule has 1 aromatic heterocycles. The number of aromatic nitrogens is 2. The Bertz CT molecular complexity index is 957. The molecule has 4 aliphatic rings. The fourth-order valence-electron chi connectivity index (χ4n) is 5.59. The van der Waals surface area contributed by atoms with Gasteiger partial charge in [-0.1, -0.05) is 30.3 Å². The molecule has 4 bridgehead atoms. The molecule has 29 heavy (non-hydrogen) atoms. The number of carbonyl (C=O) groups is 1. The van der Waals surface area contributed by atoms with Crippen LogP contribution in [0, 0.1) is 12.8 Å². The number of nitrogens with zero attached hydrogens (tertiary/aromatic N) is 4. The number of hydrogen-bond donors (Lipinski definition) is 1. The lowest BCUT2D eigenvalue weighted by atomic mass is 9.64. The molecular formula is C22H27N5O2. The van der Waals surface area contributed by atoms with Crippen LogP contribution >= 0.6 is 0 Å². The van der Waals surface area contributed by atoms with Crippen LogP contribution in [0.2, 0.25) is 0 Å². The van der Waals surface area contributed by atoms with Gasteiger partial charge in [-0.3, -0.25) is 9.59 Å². The fourth-order valence-corrected chi connectivity index (χ4v) is 5.59. The minimum absolute atomic E-state index is 0.0397. The Morgan fingerprint density at radius 2 is 1.79 bits per heavy atom. The summed E-state index contributed by atoms with van der Waals surface area (Å²) < 4.78 is 1.26. The Labute approximate surface area is 170 Å². The highest BCUT2D eigenvalue weighted by Crippen LogP contribution is 2.43. The van der Waals surface area contributed by atoms with Crippen molar-refractivity contribution >= 4 is 5.91 Å². The summed E-state index contributed by atoms with van der Waals surface area (Å²) in [7, 11) is 0. The third kappa shape index (κ3) is 3.28. The predicted molar refractivity (Wildman–Crippen MR) is 110 cm³/mol. The summed E-state index contributed by atoms with van der Waals surface area (Å²) in [6.45, 7) is 7.90. The van der Waals surface area contributed by atoms with Crippen LogP contribution in [-0.2, 0) is 16.8 Å². The second kappa shape index (κ2) is 7.07. The van der Waals surface area contributed by atoms with Crippen molar-refractivity contribution in [2.45, 2.75) is 24.9 Å². The summed E-state index contributed by atoms with van der Waals surface area (Å²) in [5.41, 5.74) is 1.64. The van der Waals surface area contributed by atoms with Crippen LogP contribution in [0.4, 0.5) is 0 Å². The highest BCUT2D eigenvalue weighted by molar-refractivity contribution is 5.76. The van der Waals surface area contributed by atoms with E-state index in [-0.39, 0.29) is 29.5 Å². The van der Waals surface area contributed by atoms with Gasteiger partial charge in [-0.05, 0) is 18.6 Å². The molecule has 4 fully saturated rings. The Balaban J connectivity index is 1.45. The molecule has 2 unspecified atom stereocenters. The van der Waals surface area contributed by atoms with Gasteiger partial charge in [0.15, 0.2) is 0 Å². The quantitative estimate of drug-likeness (QED) is 0.806. The molecule has 0 saturated carbocycles. The summed E-state index contributed by atoms with van der Waals surface area (Å²) in [5, 5.41) is 7.55. The van der Waals surface area contributed by atoms with E-state index in [0.29, 0.717) is 5.92 Å². The van der Waals surface area contributed by atoms with Gasteiger partial charge >= 0.3 is 0 Å². The van der Waals surface area contributed by atoms with E-state index in [4.69, 9.17) is 0 Å². The first-order valence-electron chi connectivity index (χ1n) is 10.4. The molecule has 0 spiro atoms. The Kier molecular flexibility index (Phi) is 4.52. The lowest BCUT2D eigenvalue weighted by Gasteiger charge is -2.55. The zero-order chi connectivity index (χ0) is 20.0. The fraction of sp³-hybridized carbons (Fsp3) is 0.500. The molecule has 0 radical (unpaired) electrons. The molecule has 152 valence electrons. The van der Waals surface area contributed by atoms with Crippen molar-refractivity contribution in [1.82, 2.24) is 24.9 Å². The third-order valence-electron chi connectivity index (χ3n) is 6.75. The molecule has 7 heteroatoms. The molecule has 6 rings (SSSR count). The van der Waals surface area contributed by atoms with Crippen LogP contribution in [0.1, 0.15) is 11.3 Å². The van der Waals surface area contributed by atoms with E-state index < -0.39 is 0 Å². The largest absolute Gasteiger partial charge is 0.350 e. The minimum atomic E-state index is -0.248. The molecule has 7 nitrogen and oxygen atoms in total. The first-order chi connectivity index (χ1) is 14.0. The van der Waals surface area contributed by atoms with Crippen molar-refractivity contribution in [2.75, 3.05) is 39.3 Å². The summed E-state index contributed by atoms with van der Waals surface area (Å²) >= 11 is 0. The molecule has 3 atom stereocenters. The maximum absolute atomic E-state index is 13.0. The average molecular weight is 393 g/mol. The van der Waals surface area contributed by atoms with E-state index in [1.807, 2.05) is 13.0 Å². The highest BCUT2D eigenvalue weighted by Gasteiger charge is 2.55. The van der Waals surface area contributed by atoms with Crippen molar-refractivity contribution < 1.29 is 4.79 Å². The van der Waals surface area contributed by atoms with Gasteiger partial charge in [0.2, 0.25) is 5.91 Å². The number of hydrogen-bond acceptors (Lipinski definition) is 5. The van der Waals surface area contributed by atoms with Crippen molar-refractivity contribution in [3.8, 4) is 0 Å². The molecule has 4 saturated heterocycles. The average Bonchev–Trinajstić information content (AvgIpc) is 2.96. The molecule has 4 aliphatic heterocycles. The van der Waals surface area contributed by atoms with Crippen LogP contribution in [-0.4, -0.2) is 70.8 Å². The SMILES string of the molecule is Cc1ccc(=O)n(CC(=O)N[C@@H]2C3CN4CCN(C3)CC2(c2ccccc2)C4)n1. The Hall–Kier alpha value is -2.51. The number of amides is 1. The maximum atomic E-state index is 13.0. The monoisotopic (exact) mass is 393 g/mol. The first-order valence-corrected chi connectivity index (χ1v) is 10.4. The summed E-state index contributed by atoms with van der Waals surface area (Å²) in [6.07, 6.45) is 0. The van der Waals surface area contributed by atoms with Crippen molar-refractivity contribution in [1.29, 1.82) is 0 Å². The molecule has 1 N–H and O–H groups in total. The highest BCUT2D eigenvalue weighted by atomic mass is 16.2. The van der Waals surface area contributed by atoms with Gasteiger partial charge in [-0.2, -0.15) is 5.10 Å². The van der Waals surface area contributed by atoms with E-state index in [0.717, 1.165) is 45.0 Å². The van der Waals surface area contributed by atoms with Gasteiger partial charge in [-0.25, -0.2) is 4.68 Å². The number of piperidine rings is 2. The molecule has 2 aromatic rings. The van der Waals surface area contributed by atoms with Crippen LogP contribution in [0.5, 0.6) is 0 Å². The summed E-state index contributed by atoms with van der Waals surface area (Å²) in [5.74, 6) is 0.244. The molecule has 0 aliphatic carbocycles. The van der Waals surface area contributed by atoms with Crippen molar-refractivity contribution in [3.63, 3.8) is 0 Å². The Morgan fingerprint density at radius 3 is 2.48 bits per heavy atom. The van der Waals surface area contributed by atoms with E-state index in [1.165, 1.54) is 16.3 Å². The van der Waals surface area contributed by atoms with Gasteiger partial charge in [0.05, 0.1) is 5.69 Å². The van der Waals surface area contributed by atoms with Gasteiger partial charge in [0.1, 0.15) is 6.54 Å². The van der Waals surface area contributed by atoms with Gasteiger partial charge < -0.3 is 15.1 Å². The summed E-state index contributed by atoms with van der Waals surface area (Å²) in [4.78, 5) is 30.2. The lowest BCUT2D eigenvalue weighted by Crippen LogP contribution is -2.70. The minimum Gasteiger partial charge on any atom is -0.350 e. The predicted octanol–water partition coefficient (Wildman–Crippen LogP) is 0.236. The van der Waals surface area contributed by atoms with Gasteiger partial charge in [0.25, 0.3) is 5.56 Å². The zero-order valence-electron chi connectivity index (χ0n) is 16.8. The normalized spacial score (nSPS) is 32.7. The first kappa shape index (κ1) is 18.5. The van der Waals surface area contributed by atoms with E-state index in [1.54, 1.807) is 6.07 Å². The molecule has 1 amide bonds. The molecular weight excluding hydrogens is 366 g/mol. The maximum Gasteiger partial charge on any atom is 0.267 e. The van der Waals surface area contributed by atoms with Crippen LogP contribution in [0.3, 0.4) is 0 Å². The number of aryl methyl sites for hydroxylation is 1. The summed E-state index contributed by atoms with van der Waals surface area (Å²) in [6, 6.07) is 13.8. The molecule has 1 aromatic carbocycles.